The van der Waals surface area contributed by atoms with Crippen molar-refractivity contribution in [1.29, 1.82) is 0 Å². The molecule has 0 aliphatic heterocycles. The average molecular weight is 403 g/mol. The lowest BCUT2D eigenvalue weighted by atomic mass is 9.87. The summed E-state index contributed by atoms with van der Waals surface area (Å²) in [6, 6.07) is 0. The number of hydrogen-bond acceptors (Lipinski definition) is 4. The Labute approximate surface area is 172 Å². The molecular weight excluding hydrogens is 356 g/mol. The number of unbranched alkanes of at least 4 members (excludes halogenated alkanes) is 8. The highest BCUT2D eigenvalue weighted by Gasteiger charge is 2.19. The van der Waals surface area contributed by atoms with Gasteiger partial charge >= 0.3 is 5.97 Å². The number of aliphatic hydroxyl groups excluding tert-OH is 3. The van der Waals surface area contributed by atoms with E-state index < -0.39 is 12.1 Å². The standard InChI is InChI=1S/C23H46O5/c1-3-4-5-6-7-8-9-10-11-14-21(19(2)25)15-12-13-20(17-23(27)28)16-22(26)18-24/h19-22,24-26H,3-18H2,1-2H3,(H,27,28). The fourth-order valence-electron chi connectivity index (χ4n) is 4.02. The zero-order valence-electron chi connectivity index (χ0n) is 18.3. The van der Waals surface area contributed by atoms with Crippen molar-refractivity contribution in [3.8, 4) is 0 Å². The predicted octanol–water partition coefficient (Wildman–Crippen LogP) is 4.91. The monoisotopic (exact) mass is 402 g/mol. The van der Waals surface area contributed by atoms with Gasteiger partial charge in [-0.25, -0.2) is 0 Å². The van der Waals surface area contributed by atoms with Crippen LogP contribution in [0.5, 0.6) is 0 Å². The summed E-state index contributed by atoms with van der Waals surface area (Å²) in [7, 11) is 0. The third-order valence-electron chi connectivity index (χ3n) is 5.83. The van der Waals surface area contributed by atoms with Gasteiger partial charge < -0.3 is 20.4 Å². The number of aliphatic hydroxyl groups is 3. The van der Waals surface area contributed by atoms with E-state index in [1.165, 1.54) is 51.4 Å². The van der Waals surface area contributed by atoms with Crippen LogP contribution in [0.4, 0.5) is 0 Å². The van der Waals surface area contributed by atoms with Crippen LogP contribution in [0.15, 0.2) is 0 Å². The van der Waals surface area contributed by atoms with Crippen molar-refractivity contribution in [3.63, 3.8) is 0 Å². The lowest BCUT2D eigenvalue weighted by Crippen LogP contribution is -2.21. The van der Waals surface area contributed by atoms with Crippen molar-refractivity contribution in [1.82, 2.24) is 0 Å². The summed E-state index contributed by atoms with van der Waals surface area (Å²) in [5, 5.41) is 37.7. The molecule has 0 saturated carbocycles. The van der Waals surface area contributed by atoms with Crippen LogP contribution in [0.3, 0.4) is 0 Å². The Kier molecular flexibility index (Phi) is 18.0. The maximum Gasteiger partial charge on any atom is 0.303 e. The molecule has 0 aliphatic rings. The lowest BCUT2D eigenvalue weighted by Gasteiger charge is -2.22. The van der Waals surface area contributed by atoms with E-state index in [9.17, 15) is 15.0 Å². The SMILES string of the molecule is CCCCCCCCCCCC(CCCC(CC(=O)O)CC(O)CO)C(C)O. The van der Waals surface area contributed by atoms with Crippen LogP contribution in [0.1, 0.15) is 110 Å². The summed E-state index contributed by atoms with van der Waals surface area (Å²) in [6.07, 6.45) is 14.3. The van der Waals surface area contributed by atoms with E-state index in [4.69, 9.17) is 10.2 Å². The highest BCUT2D eigenvalue weighted by molar-refractivity contribution is 5.67. The van der Waals surface area contributed by atoms with Gasteiger partial charge in [0.25, 0.3) is 0 Å². The predicted molar refractivity (Wildman–Crippen MR) is 114 cm³/mol. The van der Waals surface area contributed by atoms with Gasteiger partial charge in [0.1, 0.15) is 0 Å². The summed E-state index contributed by atoms with van der Waals surface area (Å²) < 4.78 is 0. The lowest BCUT2D eigenvalue weighted by molar-refractivity contribution is -0.138. The first-order chi connectivity index (χ1) is 13.4. The van der Waals surface area contributed by atoms with E-state index in [0.29, 0.717) is 12.8 Å². The van der Waals surface area contributed by atoms with Gasteiger partial charge in [0.05, 0.1) is 18.8 Å². The molecule has 0 aromatic carbocycles. The molecule has 168 valence electrons. The minimum absolute atomic E-state index is 0.0225. The molecule has 0 aliphatic carbocycles. The highest BCUT2D eigenvalue weighted by atomic mass is 16.4. The van der Waals surface area contributed by atoms with Crippen molar-refractivity contribution in [2.24, 2.45) is 11.8 Å². The molecule has 0 radical (unpaired) electrons. The zero-order chi connectivity index (χ0) is 21.2. The Morgan fingerprint density at radius 3 is 1.86 bits per heavy atom. The van der Waals surface area contributed by atoms with E-state index in [1.807, 2.05) is 6.92 Å². The maximum atomic E-state index is 11.0. The smallest absolute Gasteiger partial charge is 0.303 e. The normalized spacial score (nSPS) is 15.9. The number of rotatable bonds is 20. The molecule has 0 saturated heterocycles. The summed E-state index contributed by atoms with van der Waals surface area (Å²) >= 11 is 0. The van der Waals surface area contributed by atoms with Crippen molar-refractivity contribution in [3.05, 3.63) is 0 Å². The second-order valence-electron chi connectivity index (χ2n) is 8.58. The highest BCUT2D eigenvalue weighted by Crippen LogP contribution is 2.25. The van der Waals surface area contributed by atoms with Crippen molar-refractivity contribution >= 4 is 5.97 Å². The molecule has 4 N–H and O–H groups in total. The van der Waals surface area contributed by atoms with Crippen LogP contribution >= 0.6 is 0 Å². The van der Waals surface area contributed by atoms with Gasteiger partial charge in [0.15, 0.2) is 0 Å². The quantitative estimate of drug-likeness (QED) is 0.217. The van der Waals surface area contributed by atoms with Crippen LogP contribution in [0.2, 0.25) is 0 Å². The molecule has 0 spiro atoms. The zero-order valence-corrected chi connectivity index (χ0v) is 18.3. The molecule has 0 fully saturated rings. The largest absolute Gasteiger partial charge is 0.481 e. The third kappa shape index (κ3) is 16.3. The van der Waals surface area contributed by atoms with Gasteiger partial charge in [0, 0.05) is 6.42 Å². The van der Waals surface area contributed by atoms with E-state index in [1.54, 1.807) is 0 Å². The topological polar surface area (TPSA) is 98.0 Å². The van der Waals surface area contributed by atoms with E-state index in [0.717, 1.165) is 25.7 Å². The molecule has 0 heterocycles. The first-order valence-electron chi connectivity index (χ1n) is 11.6. The van der Waals surface area contributed by atoms with Crippen molar-refractivity contribution in [2.75, 3.05) is 6.61 Å². The number of aliphatic carboxylic acids is 1. The van der Waals surface area contributed by atoms with Gasteiger partial charge in [-0.1, -0.05) is 71.1 Å². The molecule has 0 amide bonds. The van der Waals surface area contributed by atoms with Gasteiger partial charge in [-0.15, -0.1) is 0 Å². The van der Waals surface area contributed by atoms with Gasteiger partial charge in [-0.05, 0) is 44.4 Å². The van der Waals surface area contributed by atoms with E-state index in [2.05, 4.69) is 6.92 Å². The van der Waals surface area contributed by atoms with Crippen LogP contribution in [-0.2, 0) is 4.79 Å². The van der Waals surface area contributed by atoms with E-state index >= 15 is 0 Å². The molecule has 5 nitrogen and oxygen atoms in total. The Morgan fingerprint density at radius 2 is 1.36 bits per heavy atom. The third-order valence-corrected chi connectivity index (χ3v) is 5.83. The second kappa shape index (κ2) is 18.4. The van der Waals surface area contributed by atoms with E-state index in [-0.39, 0.29) is 31.0 Å². The molecule has 4 atom stereocenters. The maximum absolute atomic E-state index is 11.0. The molecule has 0 aromatic rings. The Balaban J connectivity index is 4.00. The molecule has 5 heteroatoms. The van der Waals surface area contributed by atoms with Gasteiger partial charge in [-0.2, -0.15) is 0 Å². The molecule has 0 aromatic heterocycles. The number of carbonyl (C=O) groups is 1. The minimum Gasteiger partial charge on any atom is -0.481 e. The average Bonchev–Trinajstić information content (AvgIpc) is 2.64. The number of hydrogen-bond donors (Lipinski definition) is 4. The van der Waals surface area contributed by atoms with Gasteiger partial charge in [0.2, 0.25) is 0 Å². The fraction of sp³-hybridized carbons (Fsp3) is 0.957. The fourth-order valence-corrected chi connectivity index (χ4v) is 4.02. The molecule has 4 unspecified atom stereocenters. The molecule has 0 bridgehead atoms. The molecule has 0 rings (SSSR count). The summed E-state index contributed by atoms with van der Waals surface area (Å²) in [5.74, 6) is -0.725. The van der Waals surface area contributed by atoms with Crippen molar-refractivity contribution in [2.45, 2.75) is 122 Å². The second-order valence-corrected chi connectivity index (χ2v) is 8.58. The summed E-state index contributed by atoms with van der Waals surface area (Å²) in [6.45, 7) is 3.76. The van der Waals surface area contributed by atoms with Crippen LogP contribution in [0.25, 0.3) is 0 Å². The molecular formula is C23H46O5. The van der Waals surface area contributed by atoms with Crippen LogP contribution in [0, 0.1) is 11.8 Å². The Morgan fingerprint density at radius 1 is 0.821 bits per heavy atom. The van der Waals surface area contributed by atoms with Crippen molar-refractivity contribution < 1.29 is 25.2 Å². The number of carboxylic acids is 1. The Bertz CT molecular complexity index is 359. The molecule has 28 heavy (non-hydrogen) atoms. The Hall–Kier alpha value is -0.650. The van der Waals surface area contributed by atoms with Crippen LogP contribution in [-0.4, -0.2) is 45.2 Å². The first kappa shape index (κ1) is 27.4. The minimum atomic E-state index is -0.864. The van der Waals surface area contributed by atoms with Crippen LogP contribution < -0.4 is 0 Å². The number of carboxylic acid groups (broad SMARTS) is 1. The summed E-state index contributed by atoms with van der Waals surface area (Å²) in [4.78, 5) is 11.0. The van der Waals surface area contributed by atoms with Gasteiger partial charge in [-0.3, -0.25) is 4.79 Å². The summed E-state index contributed by atoms with van der Waals surface area (Å²) in [5.41, 5.74) is 0. The first-order valence-corrected chi connectivity index (χ1v) is 11.6.